The number of carbonyl (C=O) groups excluding carboxylic acids is 1. The molecule has 0 bridgehead atoms. The van der Waals surface area contributed by atoms with Crippen LogP contribution in [0.25, 0.3) is 0 Å². The lowest BCUT2D eigenvalue weighted by molar-refractivity contribution is -0.138. The van der Waals surface area contributed by atoms with Gasteiger partial charge in [-0.2, -0.15) is 0 Å². The van der Waals surface area contributed by atoms with Crippen LogP contribution in [0, 0.1) is 17.8 Å². The van der Waals surface area contributed by atoms with Gasteiger partial charge in [0.15, 0.2) is 8.32 Å². The highest BCUT2D eigenvalue weighted by atomic mass is 28.4. The van der Waals surface area contributed by atoms with Crippen LogP contribution < -0.4 is 0 Å². The van der Waals surface area contributed by atoms with E-state index in [-0.39, 0.29) is 18.0 Å². The van der Waals surface area contributed by atoms with Gasteiger partial charge >= 0.3 is 5.97 Å². The molecular formula is C23H46O3Si. The van der Waals surface area contributed by atoms with Crippen molar-refractivity contribution in [2.45, 2.75) is 106 Å². The standard InChI is InChI=1S/C23H46O3Si/c1-10-25-23(24)21(9)17-20(8)22(15-14-19(7)16-18(5)6)26-27(11-2,12-3)13-4/h17-20,22H,10-16H2,1-9H3/b21-17+/t19-,20-,22-/m1/s1. The zero-order valence-electron chi connectivity index (χ0n) is 19.6. The first-order valence-electron chi connectivity index (χ1n) is 11.2. The SMILES string of the molecule is CCOC(=O)/C(C)=C/[C@@H](C)[C@@H](CC[C@@H](C)CC(C)C)O[Si](CC)(CC)CC. The highest BCUT2D eigenvalue weighted by Gasteiger charge is 2.33. The second-order valence-corrected chi connectivity index (χ2v) is 13.4. The molecule has 27 heavy (non-hydrogen) atoms. The highest BCUT2D eigenvalue weighted by Crippen LogP contribution is 2.30. The maximum Gasteiger partial charge on any atom is 0.333 e. The van der Waals surface area contributed by atoms with E-state index in [1.165, 1.54) is 12.8 Å². The Morgan fingerprint density at radius 3 is 1.96 bits per heavy atom. The van der Waals surface area contributed by atoms with E-state index in [1.807, 2.05) is 13.8 Å². The summed E-state index contributed by atoms with van der Waals surface area (Å²) in [6.07, 6.45) is 5.76. The zero-order valence-corrected chi connectivity index (χ0v) is 20.6. The Labute approximate surface area is 170 Å². The highest BCUT2D eigenvalue weighted by molar-refractivity contribution is 6.73. The van der Waals surface area contributed by atoms with Crippen LogP contribution in [-0.4, -0.2) is 27.0 Å². The van der Waals surface area contributed by atoms with Crippen molar-refractivity contribution < 1.29 is 14.0 Å². The summed E-state index contributed by atoms with van der Waals surface area (Å²) in [5.74, 6) is 1.45. The molecule has 0 heterocycles. The minimum atomic E-state index is -1.69. The Hall–Kier alpha value is -0.613. The Morgan fingerprint density at radius 1 is 0.963 bits per heavy atom. The fourth-order valence-corrected chi connectivity index (χ4v) is 6.91. The molecule has 0 aliphatic heterocycles. The summed E-state index contributed by atoms with van der Waals surface area (Å²) >= 11 is 0. The largest absolute Gasteiger partial charge is 0.463 e. The van der Waals surface area contributed by atoms with Crippen LogP contribution in [-0.2, 0) is 14.0 Å². The molecule has 0 amide bonds. The van der Waals surface area contributed by atoms with Crippen LogP contribution in [0.2, 0.25) is 18.1 Å². The van der Waals surface area contributed by atoms with Gasteiger partial charge in [-0.1, -0.05) is 54.5 Å². The Kier molecular flexibility index (Phi) is 13.2. The third-order valence-corrected chi connectivity index (χ3v) is 10.5. The van der Waals surface area contributed by atoms with Gasteiger partial charge in [-0.15, -0.1) is 0 Å². The van der Waals surface area contributed by atoms with Crippen molar-refractivity contribution >= 4 is 14.3 Å². The molecule has 0 radical (unpaired) electrons. The third kappa shape index (κ3) is 9.93. The summed E-state index contributed by atoms with van der Waals surface area (Å²) in [7, 11) is -1.69. The molecule has 0 rings (SSSR count). The molecule has 0 fully saturated rings. The van der Waals surface area contributed by atoms with Crippen LogP contribution in [0.3, 0.4) is 0 Å². The normalized spacial score (nSPS) is 16.3. The van der Waals surface area contributed by atoms with Crippen LogP contribution in [0.4, 0.5) is 0 Å². The van der Waals surface area contributed by atoms with Gasteiger partial charge in [0.05, 0.1) is 12.7 Å². The molecule has 0 saturated carbocycles. The van der Waals surface area contributed by atoms with E-state index in [0.717, 1.165) is 30.5 Å². The molecule has 3 nitrogen and oxygen atoms in total. The zero-order chi connectivity index (χ0) is 21.0. The molecular weight excluding hydrogens is 352 g/mol. The maximum absolute atomic E-state index is 12.0. The lowest BCUT2D eigenvalue weighted by Crippen LogP contribution is -2.42. The van der Waals surface area contributed by atoms with Crippen LogP contribution in [0.1, 0.15) is 81.6 Å². The molecule has 0 N–H and O–H groups in total. The molecule has 3 atom stereocenters. The van der Waals surface area contributed by atoms with E-state index in [2.05, 4.69) is 54.5 Å². The van der Waals surface area contributed by atoms with Gasteiger partial charge < -0.3 is 9.16 Å². The molecule has 4 heteroatoms. The van der Waals surface area contributed by atoms with Gasteiger partial charge in [-0.05, 0) is 69.0 Å². The fraction of sp³-hybridized carbons (Fsp3) is 0.870. The molecule has 0 spiro atoms. The number of hydrogen-bond acceptors (Lipinski definition) is 3. The van der Waals surface area contributed by atoms with Gasteiger partial charge in [0, 0.05) is 5.57 Å². The maximum atomic E-state index is 12.0. The van der Waals surface area contributed by atoms with Crippen molar-refractivity contribution in [3.05, 3.63) is 11.6 Å². The number of rotatable bonds is 14. The Balaban J connectivity index is 5.31. The average molecular weight is 399 g/mol. The molecule has 0 aromatic carbocycles. The van der Waals surface area contributed by atoms with Gasteiger partial charge in [0.1, 0.15) is 0 Å². The topological polar surface area (TPSA) is 35.5 Å². The van der Waals surface area contributed by atoms with Crippen LogP contribution in [0.5, 0.6) is 0 Å². The van der Waals surface area contributed by atoms with Gasteiger partial charge in [-0.25, -0.2) is 4.79 Å². The summed E-state index contributed by atoms with van der Waals surface area (Å²) in [6, 6.07) is 3.47. The van der Waals surface area contributed by atoms with Crippen LogP contribution >= 0.6 is 0 Å². The summed E-state index contributed by atoms with van der Waals surface area (Å²) in [5, 5.41) is 0. The number of esters is 1. The van der Waals surface area contributed by atoms with Crippen molar-refractivity contribution in [2.24, 2.45) is 17.8 Å². The van der Waals surface area contributed by atoms with E-state index >= 15 is 0 Å². The van der Waals surface area contributed by atoms with E-state index in [0.29, 0.717) is 18.1 Å². The molecule has 0 aromatic rings. The van der Waals surface area contributed by atoms with E-state index in [4.69, 9.17) is 9.16 Å². The van der Waals surface area contributed by atoms with E-state index in [1.54, 1.807) is 0 Å². The number of ether oxygens (including phenoxy) is 1. The first-order chi connectivity index (χ1) is 12.6. The van der Waals surface area contributed by atoms with Crippen LogP contribution in [0.15, 0.2) is 11.6 Å². The predicted molar refractivity (Wildman–Crippen MR) is 119 cm³/mol. The Bertz CT molecular complexity index is 433. The first-order valence-corrected chi connectivity index (χ1v) is 13.7. The lowest BCUT2D eigenvalue weighted by atomic mass is 9.90. The van der Waals surface area contributed by atoms with Crippen molar-refractivity contribution in [1.82, 2.24) is 0 Å². The minimum Gasteiger partial charge on any atom is -0.463 e. The van der Waals surface area contributed by atoms with Gasteiger partial charge in [0.25, 0.3) is 0 Å². The second-order valence-electron chi connectivity index (χ2n) is 8.64. The summed E-state index contributed by atoms with van der Waals surface area (Å²) < 4.78 is 12.0. The lowest BCUT2D eigenvalue weighted by Gasteiger charge is -2.36. The quantitative estimate of drug-likeness (QED) is 0.180. The van der Waals surface area contributed by atoms with Crippen molar-refractivity contribution in [1.29, 1.82) is 0 Å². The molecule has 160 valence electrons. The van der Waals surface area contributed by atoms with Gasteiger partial charge in [-0.3, -0.25) is 0 Å². The predicted octanol–water partition coefficient (Wildman–Crippen LogP) is 6.98. The van der Waals surface area contributed by atoms with Crippen molar-refractivity contribution in [3.8, 4) is 0 Å². The molecule has 0 aromatic heterocycles. The number of carbonyl (C=O) groups is 1. The fourth-order valence-electron chi connectivity index (χ4n) is 3.94. The minimum absolute atomic E-state index is 0.190. The Morgan fingerprint density at radius 2 is 1.52 bits per heavy atom. The molecule has 0 aliphatic rings. The first kappa shape index (κ1) is 26.4. The molecule has 0 saturated heterocycles. The van der Waals surface area contributed by atoms with Crippen molar-refractivity contribution in [2.75, 3.05) is 6.61 Å². The molecule has 0 unspecified atom stereocenters. The average Bonchev–Trinajstić information content (AvgIpc) is 2.62. The summed E-state index contributed by atoms with van der Waals surface area (Å²) in [6.45, 7) is 20.1. The van der Waals surface area contributed by atoms with E-state index < -0.39 is 8.32 Å². The van der Waals surface area contributed by atoms with E-state index in [9.17, 15) is 4.79 Å². The number of hydrogen-bond donors (Lipinski definition) is 0. The molecule has 0 aliphatic carbocycles. The van der Waals surface area contributed by atoms with Gasteiger partial charge in [0.2, 0.25) is 0 Å². The smallest absolute Gasteiger partial charge is 0.333 e. The third-order valence-electron chi connectivity index (χ3n) is 5.85. The second kappa shape index (κ2) is 13.5. The van der Waals surface area contributed by atoms with Crippen molar-refractivity contribution in [3.63, 3.8) is 0 Å². The summed E-state index contributed by atoms with van der Waals surface area (Å²) in [4.78, 5) is 12.0. The summed E-state index contributed by atoms with van der Waals surface area (Å²) in [5.41, 5.74) is 0.699. The monoisotopic (exact) mass is 398 g/mol.